The van der Waals surface area contributed by atoms with Gasteiger partial charge in [-0.25, -0.2) is 0 Å². The van der Waals surface area contributed by atoms with Crippen molar-refractivity contribution < 1.29 is 14.3 Å². The predicted octanol–water partition coefficient (Wildman–Crippen LogP) is 4.10. The molecule has 0 aliphatic carbocycles. The zero-order chi connectivity index (χ0) is 20.8. The van der Waals surface area contributed by atoms with Gasteiger partial charge >= 0.3 is 0 Å². The van der Waals surface area contributed by atoms with Gasteiger partial charge in [0.1, 0.15) is 12.4 Å². The van der Waals surface area contributed by atoms with Crippen molar-refractivity contribution in [1.29, 1.82) is 0 Å². The molecule has 156 valence electrons. The summed E-state index contributed by atoms with van der Waals surface area (Å²) in [4.78, 5) is 16.7. The number of likely N-dealkylation sites (N-methyl/N-ethyl adjacent to an activating group) is 1. The highest BCUT2D eigenvalue weighted by atomic mass is 35.5. The number of amides is 1. The minimum Gasteiger partial charge on any atom is -0.492 e. The quantitative estimate of drug-likeness (QED) is 0.681. The molecule has 1 aliphatic heterocycles. The van der Waals surface area contributed by atoms with Gasteiger partial charge in [-0.05, 0) is 55.8 Å². The number of carbonyl (C=O) groups is 1. The van der Waals surface area contributed by atoms with Crippen LogP contribution in [0, 0.1) is 0 Å². The average molecular weight is 417 g/mol. The molecule has 1 aliphatic rings. The van der Waals surface area contributed by atoms with E-state index in [0.29, 0.717) is 23.7 Å². The van der Waals surface area contributed by atoms with Crippen LogP contribution in [0.4, 0.5) is 0 Å². The molecule has 2 atom stereocenters. The fourth-order valence-electron chi connectivity index (χ4n) is 3.58. The Bertz CT molecular complexity index is 785. The fourth-order valence-corrected chi connectivity index (χ4v) is 3.70. The number of carbonyl (C=O) groups excluding carboxylic acids is 1. The summed E-state index contributed by atoms with van der Waals surface area (Å²) in [7, 11) is 1.79. The highest BCUT2D eigenvalue weighted by molar-refractivity contribution is 6.30. The van der Waals surface area contributed by atoms with Gasteiger partial charge in [-0.3, -0.25) is 9.69 Å². The second kappa shape index (κ2) is 10.1. The van der Waals surface area contributed by atoms with E-state index in [2.05, 4.69) is 18.7 Å². The molecule has 1 saturated heterocycles. The first-order valence-corrected chi connectivity index (χ1v) is 10.4. The van der Waals surface area contributed by atoms with Crippen molar-refractivity contribution >= 4 is 17.5 Å². The fraction of sp³-hybridized carbons (Fsp3) is 0.435. The predicted molar refractivity (Wildman–Crippen MR) is 116 cm³/mol. The van der Waals surface area contributed by atoms with Gasteiger partial charge in [0.05, 0.1) is 18.8 Å². The first-order chi connectivity index (χ1) is 13.9. The van der Waals surface area contributed by atoms with Crippen molar-refractivity contribution in [3.05, 3.63) is 64.7 Å². The van der Waals surface area contributed by atoms with Crippen molar-refractivity contribution in [3.8, 4) is 5.75 Å². The lowest BCUT2D eigenvalue weighted by molar-refractivity contribution is -0.0704. The molecule has 1 heterocycles. The summed E-state index contributed by atoms with van der Waals surface area (Å²) in [6, 6.07) is 15.1. The molecule has 2 aromatic carbocycles. The molecule has 29 heavy (non-hydrogen) atoms. The zero-order valence-electron chi connectivity index (χ0n) is 17.3. The van der Waals surface area contributed by atoms with Gasteiger partial charge < -0.3 is 14.4 Å². The van der Waals surface area contributed by atoms with Gasteiger partial charge in [0.2, 0.25) is 0 Å². The van der Waals surface area contributed by atoms with Crippen LogP contribution < -0.4 is 4.74 Å². The Kier molecular flexibility index (Phi) is 7.53. The maximum absolute atomic E-state index is 12.6. The number of nitrogens with zero attached hydrogens (tertiary/aromatic N) is 2. The molecule has 3 rings (SSSR count). The number of morpholine rings is 1. The summed E-state index contributed by atoms with van der Waals surface area (Å²) in [6.45, 7) is 7.88. The van der Waals surface area contributed by atoms with Gasteiger partial charge in [0.15, 0.2) is 0 Å². The van der Waals surface area contributed by atoms with Gasteiger partial charge in [-0.15, -0.1) is 0 Å². The second-order valence-corrected chi connectivity index (χ2v) is 8.11. The zero-order valence-corrected chi connectivity index (χ0v) is 18.1. The lowest BCUT2D eigenvalue weighted by Gasteiger charge is -2.35. The number of rotatable bonds is 7. The molecule has 5 nitrogen and oxygen atoms in total. The Balaban J connectivity index is 1.48. The van der Waals surface area contributed by atoms with Crippen LogP contribution in [0.1, 0.15) is 29.8 Å². The van der Waals surface area contributed by atoms with Gasteiger partial charge in [-0.2, -0.15) is 0 Å². The monoisotopic (exact) mass is 416 g/mol. The Labute approximate surface area is 178 Å². The van der Waals surface area contributed by atoms with Crippen LogP contribution in [0.2, 0.25) is 5.02 Å². The topological polar surface area (TPSA) is 42.0 Å². The van der Waals surface area contributed by atoms with E-state index in [1.54, 1.807) is 24.1 Å². The summed E-state index contributed by atoms with van der Waals surface area (Å²) >= 11 is 5.87. The van der Waals surface area contributed by atoms with Crippen LogP contribution in [0.25, 0.3) is 0 Å². The van der Waals surface area contributed by atoms with Crippen molar-refractivity contribution in [2.75, 3.05) is 33.3 Å². The Morgan fingerprint density at radius 2 is 1.72 bits per heavy atom. The van der Waals surface area contributed by atoms with Crippen LogP contribution in [0.3, 0.4) is 0 Å². The molecule has 2 unspecified atom stereocenters. The Morgan fingerprint density at radius 1 is 1.10 bits per heavy atom. The van der Waals surface area contributed by atoms with Gasteiger partial charge in [-0.1, -0.05) is 23.7 Å². The van der Waals surface area contributed by atoms with Crippen molar-refractivity contribution in [1.82, 2.24) is 9.80 Å². The maximum Gasteiger partial charge on any atom is 0.253 e. The van der Waals surface area contributed by atoms with E-state index in [1.165, 1.54) is 5.56 Å². The summed E-state index contributed by atoms with van der Waals surface area (Å²) in [5.41, 5.74) is 1.89. The van der Waals surface area contributed by atoms with E-state index in [1.807, 2.05) is 36.4 Å². The standard InChI is InChI=1S/C23H29ClN2O3/c1-17-14-26(15-18(2)29-17)16-19-4-6-20(7-5-19)23(27)25(3)12-13-28-22-10-8-21(24)9-11-22/h4-11,17-18H,12-16H2,1-3H3. The van der Waals surface area contributed by atoms with Crippen LogP contribution >= 0.6 is 11.6 Å². The smallest absolute Gasteiger partial charge is 0.253 e. The van der Waals surface area contributed by atoms with E-state index >= 15 is 0 Å². The van der Waals surface area contributed by atoms with Crippen molar-refractivity contribution in [2.24, 2.45) is 0 Å². The van der Waals surface area contributed by atoms with Gasteiger partial charge in [0, 0.05) is 37.3 Å². The number of halogens is 1. The SMILES string of the molecule is CC1CN(Cc2ccc(C(=O)N(C)CCOc3ccc(Cl)cc3)cc2)CC(C)O1. The lowest BCUT2D eigenvalue weighted by Crippen LogP contribution is -2.44. The van der Waals surface area contributed by atoms with Crippen LogP contribution in [-0.4, -0.2) is 61.2 Å². The van der Waals surface area contributed by atoms with Gasteiger partial charge in [0.25, 0.3) is 5.91 Å². The van der Waals surface area contributed by atoms with Crippen molar-refractivity contribution in [2.45, 2.75) is 32.6 Å². The Morgan fingerprint density at radius 3 is 2.34 bits per heavy atom. The number of hydrogen-bond acceptors (Lipinski definition) is 4. The second-order valence-electron chi connectivity index (χ2n) is 7.68. The van der Waals surface area contributed by atoms with E-state index in [-0.39, 0.29) is 18.1 Å². The largest absolute Gasteiger partial charge is 0.492 e. The Hall–Kier alpha value is -2.08. The molecular formula is C23H29ClN2O3. The summed E-state index contributed by atoms with van der Waals surface area (Å²) in [6.07, 6.45) is 0.506. The maximum atomic E-state index is 12.6. The third-order valence-corrected chi connectivity index (χ3v) is 5.21. The number of hydrogen-bond donors (Lipinski definition) is 0. The third-order valence-electron chi connectivity index (χ3n) is 4.96. The highest BCUT2D eigenvalue weighted by Gasteiger charge is 2.22. The number of benzene rings is 2. The molecular weight excluding hydrogens is 388 g/mol. The lowest BCUT2D eigenvalue weighted by atomic mass is 10.1. The third kappa shape index (κ3) is 6.46. The van der Waals surface area contributed by atoms with E-state index in [4.69, 9.17) is 21.1 Å². The molecule has 0 radical (unpaired) electrons. The summed E-state index contributed by atoms with van der Waals surface area (Å²) in [5.74, 6) is 0.733. The van der Waals surface area contributed by atoms with E-state index in [0.717, 1.165) is 25.4 Å². The molecule has 0 spiro atoms. The van der Waals surface area contributed by atoms with Crippen molar-refractivity contribution in [3.63, 3.8) is 0 Å². The molecule has 0 aromatic heterocycles. The van der Waals surface area contributed by atoms with Crippen LogP contribution in [0.15, 0.2) is 48.5 Å². The first kappa shape index (κ1) is 21.6. The first-order valence-electron chi connectivity index (χ1n) is 10.0. The molecule has 0 bridgehead atoms. The minimum absolute atomic E-state index is 0.00938. The molecule has 1 amide bonds. The van der Waals surface area contributed by atoms with E-state index < -0.39 is 0 Å². The molecule has 0 saturated carbocycles. The minimum atomic E-state index is -0.00938. The summed E-state index contributed by atoms with van der Waals surface area (Å²) < 4.78 is 11.5. The van der Waals surface area contributed by atoms with Crippen LogP contribution in [0.5, 0.6) is 5.75 Å². The normalized spacial score (nSPS) is 19.7. The summed E-state index contributed by atoms with van der Waals surface area (Å²) in [5, 5.41) is 0.672. The number of ether oxygens (including phenoxy) is 2. The van der Waals surface area contributed by atoms with Crippen LogP contribution in [-0.2, 0) is 11.3 Å². The molecule has 1 fully saturated rings. The molecule has 0 N–H and O–H groups in total. The molecule has 6 heteroatoms. The highest BCUT2D eigenvalue weighted by Crippen LogP contribution is 2.16. The average Bonchev–Trinajstić information content (AvgIpc) is 2.68. The molecule has 2 aromatic rings. The van der Waals surface area contributed by atoms with E-state index in [9.17, 15) is 4.79 Å².